The van der Waals surface area contributed by atoms with Gasteiger partial charge in [-0.25, -0.2) is 0 Å². The third-order valence-corrected chi connectivity index (χ3v) is 3.01. The summed E-state index contributed by atoms with van der Waals surface area (Å²) < 4.78 is 5.29. The minimum Gasteiger partial charge on any atom is -0.496 e. The molecule has 0 radical (unpaired) electrons. The molecular weight excluding hydrogens is 228 g/mol. The smallest absolute Gasteiger partial charge is 0.236 e. The van der Waals surface area contributed by atoms with Crippen molar-refractivity contribution in [1.82, 2.24) is 4.90 Å². The lowest BCUT2D eigenvalue weighted by molar-refractivity contribution is -0.130. The Morgan fingerprint density at radius 2 is 2.11 bits per heavy atom. The van der Waals surface area contributed by atoms with Crippen molar-refractivity contribution >= 4 is 5.91 Å². The van der Waals surface area contributed by atoms with Crippen LogP contribution < -0.4 is 10.5 Å². The van der Waals surface area contributed by atoms with E-state index in [-0.39, 0.29) is 12.5 Å². The topological polar surface area (TPSA) is 55.6 Å². The molecule has 1 amide bonds. The Hall–Kier alpha value is -1.55. The molecule has 0 heterocycles. The van der Waals surface area contributed by atoms with Gasteiger partial charge in [-0.1, -0.05) is 19.1 Å². The van der Waals surface area contributed by atoms with Crippen LogP contribution in [0.25, 0.3) is 0 Å². The van der Waals surface area contributed by atoms with E-state index in [1.165, 1.54) is 0 Å². The van der Waals surface area contributed by atoms with Crippen molar-refractivity contribution in [1.29, 1.82) is 0 Å². The highest BCUT2D eigenvalue weighted by atomic mass is 16.5. The highest BCUT2D eigenvalue weighted by Gasteiger charge is 2.11. The quantitative estimate of drug-likeness (QED) is 0.833. The van der Waals surface area contributed by atoms with Crippen molar-refractivity contribution in [2.75, 3.05) is 20.2 Å². The molecule has 1 aromatic carbocycles. The number of methoxy groups -OCH3 is 1. The van der Waals surface area contributed by atoms with Gasteiger partial charge in [0, 0.05) is 13.1 Å². The molecule has 0 unspecified atom stereocenters. The van der Waals surface area contributed by atoms with Crippen LogP contribution in [-0.2, 0) is 17.8 Å². The summed E-state index contributed by atoms with van der Waals surface area (Å²) in [5.74, 6) is 0.876. The van der Waals surface area contributed by atoms with Gasteiger partial charge in [0.15, 0.2) is 0 Å². The summed E-state index contributed by atoms with van der Waals surface area (Å²) >= 11 is 0. The summed E-state index contributed by atoms with van der Waals surface area (Å²) in [7, 11) is 1.67. The molecule has 0 aliphatic rings. The fourth-order valence-electron chi connectivity index (χ4n) is 1.93. The van der Waals surface area contributed by atoms with Crippen molar-refractivity contribution in [2.45, 2.75) is 26.8 Å². The number of hydrogen-bond acceptors (Lipinski definition) is 3. The number of carbonyl (C=O) groups excluding carboxylic acids is 1. The first-order valence-electron chi connectivity index (χ1n) is 6.29. The van der Waals surface area contributed by atoms with Crippen LogP contribution in [-0.4, -0.2) is 31.0 Å². The average Bonchev–Trinajstić information content (AvgIpc) is 2.43. The molecule has 0 spiro atoms. The van der Waals surface area contributed by atoms with Gasteiger partial charge in [-0.15, -0.1) is 0 Å². The lowest BCUT2D eigenvalue weighted by Crippen LogP contribution is -2.35. The first-order chi connectivity index (χ1) is 8.65. The SMILES string of the molecule is CCc1cc(CN(CC)C(=O)CN)ccc1OC. The van der Waals surface area contributed by atoms with Crippen LogP contribution in [0.4, 0.5) is 0 Å². The second-order valence-corrected chi connectivity index (χ2v) is 4.11. The molecule has 2 N–H and O–H groups in total. The van der Waals surface area contributed by atoms with Crippen molar-refractivity contribution in [3.63, 3.8) is 0 Å². The van der Waals surface area contributed by atoms with Gasteiger partial charge in [-0.3, -0.25) is 4.79 Å². The lowest BCUT2D eigenvalue weighted by Gasteiger charge is -2.21. The molecule has 0 saturated heterocycles. The predicted molar refractivity (Wildman–Crippen MR) is 72.5 cm³/mol. The van der Waals surface area contributed by atoms with E-state index in [2.05, 4.69) is 13.0 Å². The second-order valence-electron chi connectivity index (χ2n) is 4.11. The van der Waals surface area contributed by atoms with Crippen LogP contribution in [0.15, 0.2) is 18.2 Å². The Balaban J connectivity index is 2.87. The van der Waals surface area contributed by atoms with E-state index in [4.69, 9.17) is 10.5 Å². The number of likely N-dealkylation sites (N-methyl/N-ethyl adjacent to an activating group) is 1. The van der Waals surface area contributed by atoms with Crippen LogP contribution in [0, 0.1) is 0 Å². The van der Waals surface area contributed by atoms with Crippen LogP contribution >= 0.6 is 0 Å². The van der Waals surface area contributed by atoms with Crippen LogP contribution in [0.3, 0.4) is 0 Å². The summed E-state index contributed by atoms with van der Waals surface area (Å²) in [5.41, 5.74) is 7.66. The molecule has 0 bridgehead atoms. The van der Waals surface area contributed by atoms with Crippen molar-refractivity contribution in [3.05, 3.63) is 29.3 Å². The van der Waals surface area contributed by atoms with Crippen molar-refractivity contribution < 1.29 is 9.53 Å². The van der Waals surface area contributed by atoms with E-state index in [0.29, 0.717) is 13.1 Å². The van der Waals surface area contributed by atoms with Crippen molar-refractivity contribution in [2.24, 2.45) is 5.73 Å². The van der Waals surface area contributed by atoms with Crippen LogP contribution in [0.2, 0.25) is 0 Å². The Labute approximate surface area is 109 Å². The van der Waals surface area contributed by atoms with Gasteiger partial charge in [0.05, 0.1) is 13.7 Å². The van der Waals surface area contributed by atoms with Crippen LogP contribution in [0.5, 0.6) is 5.75 Å². The maximum Gasteiger partial charge on any atom is 0.236 e. The lowest BCUT2D eigenvalue weighted by atomic mass is 10.1. The average molecular weight is 250 g/mol. The zero-order valence-corrected chi connectivity index (χ0v) is 11.4. The fourth-order valence-corrected chi connectivity index (χ4v) is 1.93. The zero-order chi connectivity index (χ0) is 13.5. The predicted octanol–water partition coefficient (Wildman–Crippen LogP) is 1.56. The molecule has 0 atom stereocenters. The molecule has 4 nitrogen and oxygen atoms in total. The first-order valence-corrected chi connectivity index (χ1v) is 6.29. The number of carbonyl (C=O) groups is 1. The van der Waals surface area contributed by atoms with E-state index in [0.717, 1.165) is 23.3 Å². The van der Waals surface area contributed by atoms with Gasteiger partial charge in [0.2, 0.25) is 5.91 Å². The molecule has 0 aliphatic heterocycles. The standard InChI is InChI=1S/C14H22N2O2/c1-4-12-8-11(6-7-13(12)18-3)10-16(5-2)14(17)9-15/h6-8H,4-5,9-10,15H2,1-3H3. The monoisotopic (exact) mass is 250 g/mol. The van der Waals surface area contributed by atoms with Gasteiger partial charge in [0.25, 0.3) is 0 Å². The molecule has 0 aromatic heterocycles. The van der Waals surface area contributed by atoms with Gasteiger partial charge in [-0.05, 0) is 30.5 Å². The molecule has 100 valence electrons. The second kappa shape index (κ2) is 7.01. The Morgan fingerprint density at radius 3 is 2.61 bits per heavy atom. The summed E-state index contributed by atoms with van der Waals surface area (Å²) in [6.45, 7) is 5.37. The Bertz CT molecular complexity index is 405. The highest BCUT2D eigenvalue weighted by Crippen LogP contribution is 2.21. The van der Waals surface area contributed by atoms with Gasteiger partial charge in [-0.2, -0.15) is 0 Å². The van der Waals surface area contributed by atoms with Gasteiger partial charge < -0.3 is 15.4 Å². The molecule has 1 aromatic rings. The summed E-state index contributed by atoms with van der Waals surface area (Å²) in [6.07, 6.45) is 0.911. The number of nitrogens with two attached hydrogens (primary N) is 1. The molecule has 0 saturated carbocycles. The molecular formula is C14H22N2O2. The minimum atomic E-state index is -0.0219. The number of benzene rings is 1. The van der Waals surface area contributed by atoms with Crippen LogP contribution in [0.1, 0.15) is 25.0 Å². The number of nitrogens with zero attached hydrogens (tertiary/aromatic N) is 1. The Kier molecular flexibility index (Phi) is 5.65. The fraction of sp³-hybridized carbons (Fsp3) is 0.500. The number of aryl methyl sites for hydroxylation is 1. The number of ether oxygens (including phenoxy) is 1. The first kappa shape index (κ1) is 14.5. The molecule has 18 heavy (non-hydrogen) atoms. The van der Waals surface area contributed by atoms with E-state index in [1.54, 1.807) is 12.0 Å². The maximum atomic E-state index is 11.6. The Morgan fingerprint density at radius 1 is 1.39 bits per heavy atom. The van der Waals surface area contributed by atoms with E-state index < -0.39 is 0 Å². The summed E-state index contributed by atoms with van der Waals surface area (Å²) in [6, 6.07) is 6.03. The van der Waals surface area contributed by atoms with Gasteiger partial charge >= 0.3 is 0 Å². The highest BCUT2D eigenvalue weighted by molar-refractivity contribution is 5.77. The van der Waals surface area contributed by atoms with E-state index in [9.17, 15) is 4.79 Å². The third-order valence-electron chi connectivity index (χ3n) is 3.01. The summed E-state index contributed by atoms with van der Waals surface area (Å²) in [5, 5.41) is 0. The molecule has 0 fully saturated rings. The number of rotatable bonds is 6. The molecule has 0 aliphatic carbocycles. The largest absolute Gasteiger partial charge is 0.496 e. The normalized spacial score (nSPS) is 10.2. The number of hydrogen-bond donors (Lipinski definition) is 1. The molecule has 1 rings (SSSR count). The van der Waals surface area contributed by atoms with E-state index in [1.807, 2.05) is 19.1 Å². The van der Waals surface area contributed by atoms with E-state index >= 15 is 0 Å². The maximum absolute atomic E-state index is 11.6. The van der Waals surface area contributed by atoms with Gasteiger partial charge in [0.1, 0.15) is 5.75 Å². The third kappa shape index (κ3) is 3.47. The summed E-state index contributed by atoms with van der Waals surface area (Å²) in [4.78, 5) is 13.4. The minimum absolute atomic E-state index is 0.0219. The van der Waals surface area contributed by atoms with Crippen molar-refractivity contribution in [3.8, 4) is 5.75 Å². The number of amides is 1. The molecule has 4 heteroatoms. The zero-order valence-electron chi connectivity index (χ0n) is 11.4.